The molecule has 0 aliphatic heterocycles. The Morgan fingerprint density at radius 2 is 1.41 bits per heavy atom. The topological polar surface area (TPSA) is 0 Å². The van der Waals surface area contributed by atoms with Crippen LogP contribution >= 0.6 is 0 Å². The first-order valence-corrected chi connectivity index (χ1v) is 10.1. The maximum Gasteiger partial charge on any atom is 4.00 e. The maximum atomic E-state index is 3.30. The second kappa shape index (κ2) is 12.3. The Balaban J connectivity index is 0.000000211. The van der Waals surface area contributed by atoms with E-state index in [2.05, 4.69) is 109 Å². The van der Waals surface area contributed by atoms with Crippen molar-refractivity contribution in [1.82, 2.24) is 0 Å². The largest absolute Gasteiger partial charge is 4.00 e. The van der Waals surface area contributed by atoms with Gasteiger partial charge in [-0.05, 0) is 18.4 Å². The Hall–Kier alpha value is -2.05. The van der Waals surface area contributed by atoms with Crippen LogP contribution < -0.4 is 24.8 Å². The van der Waals surface area contributed by atoms with Gasteiger partial charge in [0.25, 0.3) is 0 Å². The quantitative estimate of drug-likeness (QED) is 0.294. The number of benzene rings is 4. The fraction of sp³-hybridized carbons (Fsp3) is 0.0690. The molecule has 0 atom stereocenters. The van der Waals surface area contributed by atoms with E-state index in [4.69, 9.17) is 0 Å². The Labute approximate surface area is 222 Å². The van der Waals surface area contributed by atoms with Gasteiger partial charge in [-0.1, -0.05) is 71.8 Å². The van der Waals surface area contributed by atoms with E-state index in [9.17, 15) is 0 Å². The predicted molar refractivity (Wildman–Crippen MR) is 122 cm³/mol. The van der Waals surface area contributed by atoms with Crippen LogP contribution in [0, 0.1) is 6.07 Å². The standard InChI is InChI=1S/C16H13.C13H9.2ClH.Zr/c1-2-6-13(7-3-1)10-14-11-15-8-4-5-9-16(15)12-14;1-3-7-12-10(5-1)9-11-6-2-4-8-13(11)12;;;/h1-9,11-12H,10H2;1-5,7-8H,9H2;2*1H;/q2*-1;;;+4/p-2. The van der Waals surface area contributed by atoms with Gasteiger partial charge in [-0.25, -0.2) is 0 Å². The Morgan fingerprint density at radius 1 is 0.719 bits per heavy atom. The van der Waals surface area contributed by atoms with Gasteiger partial charge in [0.1, 0.15) is 0 Å². The molecule has 0 N–H and O–H groups in total. The third-order valence-corrected chi connectivity index (χ3v) is 5.55. The first-order valence-electron chi connectivity index (χ1n) is 10.1. The maximum absolute atomic E-state index is 3.30. The number of halogens is 2. The summed E-state index contributed by atoms with van der Waals surface area (Å²) >= 11 is 0. The van der Waals surface area contributed by atoms with Gasteiger partial charge >= 0.3 is 26.2 Å². The zero-order valence-electron chi connectivity index (χ0n) is 17.6. The van der Waals surface area contributed by atoms with Crippen molar-refractivity contribution in [2.45, 2.75) is 12.8 Å². The van der Waals surface area contributed by atoms with Crippen LogP contribution in [0.15, 0.2) is 109 Å². The van der Waals surface area contributed by atoms with E-state index in [-0.39, 0.29) is 51.0 Å². The third-order valence-electron chi connectivity index (χ3n) is 5.55. The van der Waals surface area contributed by atoms with E-state index in [1.165, 1.54) is 44.2 Å². The molecule has 0 nitrogen and oxygen atoms in total. The molecule has 6 rings (SSSR count). The van der Waals surface area contributed by atoms with Crippen LogP contribution in [0.1, 0.15) is 22.3 Å². The molecule has 0 heterocycles. The number of hydrogen-bond acceptors (Lipinski definition) is 0. The van der Waals surface area contributed by atoms with Crippen LogP contribution in [0.25, 0.3) is 21.9 Å². The molecular weight excluding hydrogens is 510 g/mol. The van der Waals surface area contributed by atoms with Gasteiger partial charge in [-0.15, -0.1) is 46.2 Å². The summed E-state index contributed by atoms with van der Waals surface area (Å²) in [6.45, 7) is 0. The van der Waals surface area contributed by atoms with Gasteiger partial charge in [0.15, 0.2) is 0 Å². The minimum Gasteiger partial charge on any atom is -1.00 e. The number of fused-ring (bicyclic) bond motifs is 4. The molecule has 32 heavy (non-hydrogen) atoms. The molecule has 0 saturated heterocycles. The SMILES string of the molecule is [Cl-].[Cl-].[Zr+4].[c-]1cccc2c1Cc1ccccc1-2.c1ccc(Cc2cc3ccccc3[cH-]2)cc1. The van der Waals surface area contributed by atoms with Crippen molar-refractivity contribution < 1.29 is 51.0 Å². The smallest absolute Gasteiger partial charge is 1.00 e. The van der Waals surface area contributed by atoms with Crippen LogP contribution in [-0.2, 0) is 39.0 Å². The molecule has 5 aromatic rings. The molecule has 0 unspecified atom stereocenters. The molecule has 1 aliphatic carbocycles. The second-order valence-electron chi connectivity index (χ2n) is 7.55. The predicted octanol–water partition coefficient (Wildman–Crippen LogP) is 1.21. The molecule has 0 fully saturated rings. The van der Waals surface area contributed by atoms with Gasteiger partial charge in [0.2, 0.25) is 0 Å². The molecule has 156 valence electrons. The molecule has 0 bridgehead atoms. The van der Waals surface area contributed by atoms with Crippen molar-refractivity contribution in [3.63, 3.8) is 0 Å². The molecular formula is C29H22Cl2Zr. The molecule has 3 heteroatoms. The zero-order valence-corrected chi connectivity index (χ0v) is 21.5. The summed E-state index contributed by atoms with van der Waals surface area (Å²) < 4.78 is 0. The van der Waals surface area contributed by atoms with E-state index < -0.39 is 0 Å². The van der Waals surface area contributed by atoms with Crippen LogP contribution in [0.5, 0.6) is 0 Å². The fourth-order valence-electron chi connectivity index (χ4n) is 4.15. The van der Waals surface area contributed by atoms with Gasteiger partial charge in [-0.3, -0.25) is 0 Å². The van der Waals surface area contributed by atoms with Crippen LogP contribution in [0.2, 0.25) is 0 Å². The molecule has 0 amide bonds. The van der Waals surface area contributed by atoms with Gasteiger partial charge in [-0.2, -0.15) is 35.9 Å². The molecule has 0 aromatic heterocycles. The molecule has 0 radical (unpaired) electrons. The normalized spacial score (nSPS) is 10.4. The summed E-state index contributed by atoms with van der Waals surface area (Å²) in [5.41, 5.74) is 8.28. The van der Waals surface area contributed by atoms with E-state index in [1.807, 2.05) is 6.07 Å². The second-order valence-corrected chi connectivity index (χ2v) is 7.55. The summed E-state index contributed by atoms with van der Waals surface area (Å²) in [4.78, 5) is 0. The van der Waals surface area contributed by atoms with Crippen LogP contribution in [0.3, 0.4) is 0 Å². The van der Waals surface area contributed by atoms with E-state index >= 15 is 0 Å². The van der Waals surface area contributed by atoms with Crippen LogP contribution in [0.4, 0.5) is 0 Å². The van der Waals surface area contributed by atoms with Crippen molar-refractivity contribution >= 4 is 10.8 Å². The van der Waals surface area contributed by atoms with Gasteiger partial charge in [0.05, 0.1) is 0 Å². The zero-order chi connectivity index (χ0) is 19.5. The Bertz CT molecular complexity index is 1180. The van der Waals surface area contributed by atoms with Crippen molar-refractivity contribution in [2.24, 2.45) is 0 Å². The molecule has 0 spiro atoms. The molecule has 5 aromatic carbocycles. The summed E-state index contributed by atoms with van der Waals surface area (Å²) in [7, 11) is 0. The average molecular weight is 533 g/mol. The Kier molecular flexibility index (Phi) is 10.0. The minimum atomic E-state index is 0. The molecule has 0 saturated carbocycles. The average Bonchev–Trinajstić information content (AvgIpc) is 3.35. The van der Waals surface area contributed by atoms with E-state index in [0.29, 0.717) is 0 Å². The summed E-state index contributed by atoms with van der Waals surface area (Å²) in [6, 6.07) is 41.8. The first-order chi connectivity index (χ1) is 14.4. The van der Waals surface area contributed by atoms with E-state index in [1.54, 1.807) is 0 Å². The van der Waals surface area contributed by atoms with Crippen LogP contribution in [-0.4, -0.2) is 0 Å². The number of hydrogen-bond donors (Lipinski definition) is 0. The minimum absolute atomic E-state index is 0. The van der Waals surface area contributed by atoms with Gasteiger partial charge < -0.3 is 24.8 Å². The van der Waals surface area contributed by atoms with Crippen molar-refractivity contribution in [3.05, 3.63) is 138 Å². The number of rotatable bonds is 2. The monoisotopic (exact) mass is 530 g/mol. The van der Waals surface area contributed by atoms with Crippen molar-refractivity contribution in [1.29, 1.82) is 0 Å². The summed E-state index contributed by atoms with van der Waals surface area (Å²) in [5.74, 6) is 0. The third kappa shape index (κ3) is 5.84. The van der Waals surface area contributed by atoms with Crippen molar-refractivity contribution in [3.8, 4) is 11.1 Å². The van der Waals surface area contributed by atoms with Crippen molar-refractivity contribution in [2.75, 3.05) is 0 Å². The summed E-state index contributed by atoms with van der Waals surface area (Å²) in [5, 5.41) is 2.68. The van der Waals surface area contributed by atoms with E-state index in [0.717, 1.165) is 12.8 Å². The van der Waals surface area contributed by atoms with Gasteiger partial charge in [0, 0.05) is 0 Å². The Morgan fingerprint density at radius 3 is 2.22 bits per heavy atom. The fourth-order valence-corrected chi connectivity index (χ4v) is 4.15. The summed E-state index contributed by atoms with van der Waals surface area (Å²) in [6.07, 6.45) is 2.07. The molecule has 1 aliphatic rings. The first kappa shape index (κ1) is 26.2.